The number of aliphatic imine (C=N–C) groups is 1. The quantitative estimate of drug-likeness (QED) is 0.262. The minimum absolute atomic E-state index is 0. The van der Waals surface area contributed by atoms with Crippen molar-refractivity contribution in [1.82, 2.24) is 19.8 Å². The van der Waals surface area contributed by atoms with Gasteiger partial charge in [0, 0.05) is 45.8 Å². The summed E-state index contributed by atoms with van der Waals surface area (Å²) in [7, 11) is -1.39. The predicted octanol–water partition coefficient (Wildman–Crippen LogP) is 2.48. The van der Waals surface area contributed by atoms with Crippen LogP contribution in [0.4, 0.5) is 4.79 Å². The van der Waals surface area contributed by atoms with Gasteiger partial charge in [-0.05, 0) is 53.4 Å². The lowest BCUT2D eigenvalue weighted by Crippen LogP contribution is -2.50. The number of amides is 1. The molecule has 31 heavy (non-hydrogen) atoms. The second-order valence-electron chi connectivity index (χ2n) is 8.90. The lowest BCUT2D eigenvalue weighted by atomic mass is 10.1. The standard InChI is InChI=1S/C20H41N5O4S.HI/c1-8-21-18(23-17-10-12-25(13-11-17)30(27,28)9-2)22-14-16(3)15-24(7)19(26)29-20(4,5)6;/h16-17H,8-15H2,1-7H3,(H2,21,22,23);1H. The molecule has 1 amide bonds. The number of nitrogens with zero attached hydrogens (tertiary/aromatic N) is 3. The summed E-state index contributed by atoms with van der Waals surface area (Å²) < 4.78 is 31.0. The van der Waals surface area contributed by atoms with Gasteiger partial charge in [0.15, 0.2) is 5.96 Å². The maximum absolute atomic E-state index is 12.1. The molecule has 0 aliphatic carbocycles. The molecule has 2 N–H and O–H groups in total. The second kappa shape index (κ2) is 13.7. The topological polar surface area (TPSA) is 103 Å². The molecule has 1 rings (SSSR count). The number of guanidine groups is 1. The van der Waals surface area contributed by atoms with E-state index < -0.39 is 15.6 Å². The molecule has 1 atom stereocenters. The van der Waals surface area contributed by atoms with Crippen LogP contribution in [0.2, 0.25) is 0 Å². The Morgan fingerprint density at radius 3 is 2.32 bits per heavy atom. The Morgan fingerprint density at radius 2 is 1.84 bits per heavy atom. The van der Waals surface area contributed by atoms with E-state index in [-0.39, 0.29) is 47.8 Å². The van der Waals surface area contributed by atoms with E-state index in [4.69, 9.17) is 4.74 Å². The van der Waals surface area contributed by atoms with Gasteiger partial charge in [-0.25, -0.2) is 17.5 Å². The van der Waals surface area contributed by atoms with Crippen molar-refractivity contribution in [3.8, 4) is 0 Å². The van der Waals surface area contributed by atoms with Gasteiger partial charge in [-0.2, -0.15) is 0 Å². The van der Waals surface area contributed by atoms with E-state index in [1.54, 1.807) is 23.2 Å². The summed E-state index contributed by atoms with van der Waals surface area (Å²) in [6.45, 7) is 14.2. The van der Waals surface area contributed by atoms with Crippen LogP contribution < -0.4 is 10.6 Å². The third-order valence-corrected chi connectivity index (χ3v) is 6.63. The number of halogens is 1. The first-order valence-corrected chi connectivity index (χ1v) is 12.5. The van der Waals surface area contributed by atoms with Gasteiger partial charge >= 0.3 is 6.09 Å². The number of sulfonamides is 1. The molecule has 0 aromatic rings. The van der Waals surface area contributed by atoms with E-state index in [1.807, 2.05) is 34.6 Å². The fraction of sp³-hybridized carbons (Fsp3) is 0.900. The zero-order chi connectivity index (χ0) is 22.9. The van der Waals surface area contributed by atoms with Gasteiger partial charge < -0.3 is 20.3 Å². The number of piperidine rings is 1. The molecule has 1 heterocycles. The van der Waals surface area contributed by atoms with Gasteiger partial charge in [-0.15, -0.1) is 24.0 Å². The summed E-state index contributed by atoms with van der Waals surface area (Å²) in [6, 6.07) is 0.186. The van der Waals surface area contributed by atoms with Gasteiger partial charge in [-0.3, -0.25) is 4.99 Å². The largest absolute Gasteiger partial charge is 0.444 e. The molecular formula is C20H42IN5O4S. The molecule has 0 aromatic heterocycles. The average molecular weight is 576 g/mol. The Bertz CT molecular complexity index is 674. The lowest BCUT2D eigenvalue weighted by molar-refractivity contribution is 0.0279. The van der Waals surface area contributed by atoms with Crippen molar-refractivity contribution >= 4 is 46.1 Å². The van der Waals surface area contributed by atoms with Gasteiger partial charge in [0.05, 0.1) is 5.75 Å². The van der Waals surface area contributed by atoms with Crippen LogP contribution in [-0.2, 0) is 14.8 Å². The molecule has 1 aliphatic heterocycles. The van der Waals surface area contributed by atoms with Gasteiger partial charge in [0.2, 0.25) is 10.0 Å². The molecule has 0 spiro atoms. The minimum atomic E-state index is -3.12. The Morgan fingerprint density at radius 1 is 1.26 bits per heavy atom. The van der Waals surface area contributed by atoms with Crippen LogP contribution >= 0.6 is 24.0 Å². The number of hydrogen-bond acceptors (Lipinski definition) is 5. The summed E-state index contributed by atoms with van der Waals surface area (Å²) in [5.74, 6) is 1.03. The lowest BCUT2D eigenvalue weighted by Gasteiger charge is -2.32. The molecule has 9 nitrogen and oxygen atoms in total. The fourth-order valence-corrected chi connectivity index (χ4v) is 4.29. The maximum atomic E-state index is 12.1. The summed E-state index contributed by atoms with van der Waals surface area (Å²) in [5.41, 5.74) is -0.513. The first kappa shape index (κ1) is 30.2. The molecule has 0 aromatic carbocycles. The normalized spacial score (nSPS) is 17.5. The molecular weight excluding hydrogens is 533 g/mol. The zero-order valence-corrected chi connectivity index (χ0v) is 23.2. The number of hydrogen-bond donors (Lipinski definition) is 2. The summed E-state index contributed by atoms with van der Waals surface area (Å²) in [4.78, 5) is 18.4. The summed E-state index contributed by atoms with van der Waals surface area (Å²) in [5, 5.41) is 6.67. The molecule has 1 saturated heterocycles. The van der Waals surface area contributed by atoms with E-state index >= 15 is 0 Å². The van der Waals surface area contributed by atoms with Gasteiger partial charge in [-0.1, -0.05) is 6.92 Å². The molecule has 0 saturated carbocycles. The first-order chi connectivity index (χ1) is 13.9. The highest BCUT2D eigenvalue weighted by atomic mass is 127. The third-order valence-electron chi connectivity index (χ3n) is 4.75. The number of rotatable bonds is 8. The van der Waals surface area contributed by atoms with Crippen molar-refractivity contribution in [2.45, 2.75) is 66.0 Å². The van der Waals surface area contributed by atoms with Crippen LogP contribution in [0.15, 0.2) is 4.99 Å². The SMILES string of the molecule is CCNC(=NCC(C)CN(C)C(=O)OC(C)(C)C)NC1CCN(S(=O)(=O)CC)CC1.I. The highest BCUT2D eigenvalue weighted by Crippen LogP contribution is 2.14. The Kier molecular flexibility index (Phi) is 13.3. The van der Waals surface area contributed by atoms with E-state index in [2.05, 4.69) is 15.6 Å². The Balaban J connectivity index is 0.00000900. The van der Waals surface area contributed by atoms with Crippen LogP contribution in [0.25, 0.3) is 0 Å². The van der Waals surface area contributed by atoms with Crippen molar-refractivity contribution in [2.75, 3.05) is 45.5 Å². The molecule has 1 aliphatic rings. The number of carbonyl (C=O) groups is 1. The van der Waals surface area contributed by atoms with Gasteiger partial charge in [0.1, 0.15) is 5.60 Å². The number of ether oxygens (including phenoxy) is 1. The van der Waals surface area contributed by atoms with Crippen molar-refractivity contribution in [1.29, 1.82) is 0 Å². The van der Waals surface area contributed by atoms with Crippen molar-refractivity contribution < 1.29 is 17.9 Å². The van der Waals surface area contributed by atoms with E-state index in [0.29, 0.717) is 26.2 Å². The summed E-state index contributed by atoms with van der Waals surface area (Å²) >= 11 is 0. The number of carbonyl (C=O) groups excluding carboxylic acids is 1. The number of nitrogens with one attached hydrogen (secondary N) is 2. The highest BCUT2D eigenvalue weighted by Gasteiger charge is 2.27. The molecule has 1 fully saturated rings. The molecule has 1 unspecified atom stereocenters. The van der Waals surface area contributed by atoms with Gasteiger partial charge in [0.25, 0.3) is 0 Å². The Hall–Kier alpha value is -0.820. The smallest absolute Gasteiger partial charge is 0.410 e. The molecule has 184 valence electrons. The van der Waals surface area contributed by atoms with Crippen molar-refractivity contribution in [2.24, 2.45) is 10.9 Å². The van der Waals surface area contributed by atoms with Crippen LogP contribution in [0.3, 0.4) is 0 Å². The van der Waals surface area contributed by atoms with Crippen LogP contribution in [-0.4, -0.2) is 86.8 Å². The average Bonchev–Trinajstić information content (AvgIpc) is 2.65. The Labute approximate surface area is 205 Å². The van der Waals surface area contributed by atoms with Crippen molar-refractivity contribution in [3.05, 3.63) is 0 Å². The minimum Gasteiger partial charge on any atom is -0.444 e. The van der Waals surface area contributed by atoms with Crippen LogP contribution in [0.5, 0.6) is 0 Å². The van der Waals surface area contributed by atoms with Crippen LogP contribution in [0.1, 0.15) is 54.4 Å². The predicted molar refractivity (Wildman–Crippen MR) is 137 cm³/mol. The fourth-order valence-electron chi connectivity index (χ4n) is 3.16. The zero-order valence-electron chi connectivity index (χ0n) is 20.1. The highest BCUT2D eigenvalue weighted by molar-refractivity contribution is 14.0. The first-order valence-electron chi connectivity index (χ1n) is 10.8. The third kappa shape index (κ3) is 11.6. The summed E-state index contributed by atoms with van der Waals surface area (Å²) in [6.07, 6.45) is 1.17. The molecule has 0 radical (unpaired) electrons. The maximum Gasteiger partial charge on any atom is 0.410 e. The molecule has 11 heteroatoms. The second-order valence-corrected chi connectivity index (χ2v) is 11.2. The van der Waals surface area contributed by atoms with Crippen LogP contribution in [0, 0.1) is 5.92 Å². The van der Waals surface area contributed by atoms with E-state index in [9.17, 15) is 13.2 Å². The van der Waals surface area contributed by atoms with E-state index in [1.165, 1.54) is 0 Å². The molecule has 0 bridgehead atoms. The monoisotopic (exact) mass is 575 g/mol. The van der Waals surface area contributed by atoms with E-state index in [0.717, 1.165) is 25.3 Å². The van der Waals surface area contributed by atoms with Crippen molar-refractivity contribution in [3.63, 3.8) is 0 Å².